The van der Waals surface area contributed by atoms with E-state index in [1.165, 1.54) is 29.8 Å². The minimum Gasteiger partial charge on any atom is -0.406 e. The summed E-state index contributed by atoms with van der Waals surface area (Å²) in [6.07, 6.45) is -3.70. The van der Waals surface area contributed by atoms with E-state index < -0.39 is 6.36 Å². The van der Waals surface area contributed by atoms with Gasteiger partial charge in [0.1, 0.15) is 5.75 Å². The summed E-state index contributed by atoms with van der Waals surface area (Å²) >= 11 is 0. The van der Waals surface area contributed by atoms with Crippen LogP contribution >= 0.6 is 0 Å². The number of ether oxygens (including phenoxy) is 1. The molecule has 0 fully saturated rings. The van der Waals surface area contributed by atoms with Crippen molar-refractivity contribution in [2.24, 2.45) is 5.92 Å². The molecular weight excluding hydrogens is 369 g/mol. The molecule has 3 aromatic rings. The number of rotatable bonds is 6. The van der Waals surface area contributed by atoms with E-state index in [2.05, 4.69) is 53.0 Å². The van der Waals surface area contributed by atoms with Gasteiger partial charge in [-0.3, -0.25) is 0 Å². The summed E-state index contributed by atoms with van der Waals surface area (Å²) in [5.41, 5.74) is 2.87. The van der Waals surface area contributed by atoms with Crippen LogP contribution in [0.1, 0.15) is 43.7 Å². The lowest BCUT2D eigenvalue weighted by molar-refractivity contribution is -0.274. The fraction of sp³-hybridized carbons (Fsp3) is 0.333. The molecule has 1 unspecified atom stereocenters. The number of aromatic nitrogens is 2. The van der Waals surface area contributed by atoms with E-state index in [0.717, 1.165) is 12.0 Å². The molecule has 7 heteroatoms. The maximum Gasteiger partial charge on any atom is 0.573 e. The molecule has 0 aliphatic carbocycles. The van der Waals surface area contributed by atoms with Gasteiger partial charge < -0.3 is 9.26 Å². The molecule has 1 aromatic heterocycles. The van der Waals surface area contributed by atoms with Gasteiger partial charge in [0.15, 0.2) is 0 Å². The van der Waals surface area contributed by atoms with Crippen LogP contribution in [0.15, 0.2) is 53.1 Å². The fourth-order valence-electron chi connectivity index (χ4n) is 2.89. The highest BCUT2D eigenvalue weighted by Crippen LogP contribution is 2.28. The van der Waals surface area contributed by atoms with Gasteiger partial charge in [-0.1, -0.05) is 43.3 Å². The maximum absolute atomic E-state index is 12.2. The zero-order chi connectivity index (χ0) is 20.3. The zero-order valence-electron chi connectivity index (χ0n) is 15.8. The van der Waals surface area contributed by atoms with Crippen LogP contribution in [-0.2, 0) is 6.42 Å². The molecular formula is C21H21F3N2O2. The third kappa shape index (κ3) is 5.12. The summed E-state index contributed by atoms with van der Waals surface area (Å²) < 4.78 is 46.0. The smallest absolute Gasteiger partial charge is 0.406 e. The Morgan fingerprint density at radius 1 is 0.964 bits per heavy atom. The molecule has 148 valence electrons. The first-order valence-corrected chi connectivity index (χ1v) is 9.00. The molecule has 1 atom stereocenters. The normalized spacial score (nSPS) is 13.0. The number of halogens is 3. The van der Waals surface area contributed by atoms with Gasteiger partial charge in [-0.05, 0) is 54.7 Å². The van der Waals surface area contributed by atoms with Crippen molar-refractivity contribution in [3.63, 3.8) is 0 Å². The van der Waals surface area contributed by atoms with Gasteiger partial charge in [-0.25, -0.2) is 0 Å². The summed E-state index contributed by atoms with van der Waals surface area (Å²) in [5, 5.41) is 3.95. The van der Waals surface area contributed by atoms with Crippen LogP contribution in [0, 0.1) is 5.92 Å². The van der Waals surface area contributed by atoms with Crippen molar-refractivity contribution in [3.05, 3.63) is 65.5 Å². The van der Waals surface area contributed by atoms with Crippen LogP contribution in [0.5, 0.6) is 5.75 Å². The second-order valence-corrected chi connectivity index (χ2v) is 7.09. The molecule has 3 rings (SSSR count). The minimum atomic E-state index is -4.72. The summed E-state index contributed by atoms with van der Waals surface area (Å²) in [5.74, 6) is 0.964. The van der Waals surface area contributed by atoms with E-state index in [1.54, 1.807) is 0 Å². The van der Waals surface area contributed by atoms with Crippen LogP contribution < -0.4 is 4.74 Å². The Balaban J connectivity index is 1.72. The van der Waals surface area contributed by atoms with E-state index in [-0.39, 0.29) is 11.7 Å². The third-order valence-electron chi connectivity index (χ3n) is 4.28. The maximum atomic E-state index is 12.2. The van der Waals surface area contributed by atoms with E-state index in [0.29, 0.717) is 23.2 Å². The highest BCUT2D eigenvalue weighted by atomic mass is 19.4. The van der Waals surface area contributed by atoms with Crippen molar-refractivity contribution in [1.29, 1.82) is 0 Å². The first-order chi connectivity index (χ1) is 13.2. The quantitative estimate of drug-likeness (QED) is 0.519. The second kappa shape index (κ2) is 8.04. The summed E-state index contributed by atoms with van der Waals surface area (Å²) in [6.45, 7) is 6.32. The lowest BCUT2D eigenvalue weighted by Gasteiger charge is -2.09. The zero-order valence-corrected chi connectivity index (χ0v) is 15.8. The van der Waals surface area contributed by atoms with Gasteiger partial charge in [0.05, 0.1) is 5.92 Å². The van der Waals surface area contributed by atoms with Gasteiger partial charge in [-0.2, -0.15) is 4.98 Å². The van der Waals surface area contributed by atoms with Crippen molar-refractivity contribution < 1.29 is 22.4 Å². The number of alkyl halides is 3. The van der Waals surface area contributed by atoms with Gasteiger partial charge in [0, 0.05) is 5.56 Å². The SMILES string of the molecule is CC(C)Cc1ccc(C(C)c2nc(-c3ccc(OC(F)(F)F)cc3)no2)cc1. The topological polar surface area (TPSA) is 48.2 Å². The van der Waals surface area contributed by atoms with Crippen molar-refractivity contribution in [2.45, 2.75) is 39.5 Å². The molecule has 0 spiro atoms. The minimum absolute atomic E-state index is 0.0952. The average Bonchev–Trinajstić information content (AvgIpc) is 3.10. The molecule has 0 saturated carbocycles. The Morgan fingerprint density at radius 2 is 1.61 bits per heavy atom. The first kappa shape index (κ1) is 19.9. The van der Waals surface area contributed by atoms with Crippen LogP contribution in [0.4, 0.5) is 13.2 Å². The fourth-order valence-corrected chi connectivity index (χ4v) is 2.89. The molecule has 0 amide bonds. The van der Waals surface area contributed by atoms with Crippen molar-refractivity contribution >= 4 is 0 Å². The first-order valence-electron chi connectivity index (χ1n) is 9.00. The number of hydrogen-bond acceptors (Lipinski definition) is 4. The highest BCUT2D eigenvalue weighted by Gasteiger charge is 2.31. The van der Waals surface area contributed by atoms with Crippen molar-refractivity contribution in [2.75, 3.05) is 0 Å². The largest absolute Gasteiger partial charge is 0.573 e. The molecule has 0 saturated heterocycles. The monoisotopic (exact) mass is 390 g/mol. The van der Waals surface area contributed by atoms with E-state index >= 15 is 0 Å². The molecule has 0 bridgehead atoms. The number of hydrogen-bond donors (Lipinski definition) is 0. The van der Waals surface area contributed by atoms with Gasteiger partial charge in [-0.15, -0.1) is 13.2 Å². The van der Waals surface area contributed by atoms with Crippen LogP contribution in [0.3, 0.4) is 0 Å². The van der Waals surface area contributed by atoms with Crippen molar-refractivity contribution in [3.8, 4) is 17.1 Å². The molecule has 0 aliphatic heterocycles. The summed E-state index contributed by atoms with van der Waals surface area (Å²) in [7, 11) is 0. The van der Waals surface area contributed by atoms with Crippen LogP contribution in [0.2, 0.25) is 0 Å². The molecule has 28 heavy (non-hydrogen) atoms. The van der Waals surface area contributed by atoms with E-state index in [9.17, 15) is 13.2 Å². The molecule has 0 aliphatic rings. The summed E-state index contributed by atoms with van der Waals surface area (Å²) in [6, 6.07) is 13.7. The predicted octanol–water partition coefficient (Wildman–Crippen LogP) is 5.99. The molecule has 4 nitrogen and oxygen atoms in total. The van der Waals surface area contributed by atoms with Gasteiger partial charge in [0.2, 0.25) is 11.7 Å². The van der Waals surface area contributed by atoms with Gasteiger partial charge in [0.25, 0.3) is 0 Å². The molecule has 2 aromatic carbocycles. The van der Waals surface area contributed by atoms with Crippen LogP contribution in [0.25, 0.3) is 11.4 Å². The van der Waals surface area contributed by atoms with Crippen molar-refractivity contribution in [1.82, 2.24) is 10.1 Å². The Bertz CT molecular complexity index is 901. The third-order valence-corrected chi connectivity index (χ3v) is 4.28. The number of nitrogens with zero attached hydrogens (tertiary/aromatic N) is 2. The lowest BCUT2D eigenvalue weighted by Crippen LogP contribution is -2.16. The lowest BCUT2D eigenvalue weighted by atomic mass is 9.97. The Hall–Kier alpha value is -2.83. The Morgan fingerprint density at radius 3 is 2.18 bits per heavy atom. The Kier molecular flexibility index (Phi) is 5.72. The predicted molar refractivity (Wildman–Crippen MR) is 98.9 cm³/mol. The highest BCUT2D eigenvalue weighted by molar-refractivity contribution is 5.55. The molecule has 0 radical (unpaired) electrons. The summed E-state index contributed by atoms with van der Waals surface area (Å²) in [4.78, 5) is 4.39. The second-order valence-electron chi connectivity index (χ2n) is 7.09. The Labute approximate surface area is 161 Å². The molecule has 1 heterocycles. The average molecular weight is 390 g/mol. The van der Waals surface area contributed by atoms with Gasteiger partial charge >= 0.3 is 6.36 Å². The molecule has 0 N–H and O–H groups in total. The number of benzene rings is 2. The van der Waals surface area contributed by atoms with Crippen LogP contribution in [-0.4, -0.2) is 16.5 Å². The van der Waals surface area contributed by atoms with E-state index in [4.69, 9.17) is 4.52 Å². The standard InChI is InChI=1S/C21H21F3N2O2/c1-13(2)12-15-4-6-16(7-5-15)14(3)20-25-19(26-28-20)17-8-10-18(11-9-17)27-21(22,23)24/h4-11,13-14H,12H2,1-3H3. The van der Waals surface area contributed by atoms with E-state index in [1.807, 2.05) is 6.92 Å².